The summed E-state index contributed by atoms with van der Waals surface area (Å²) in [7, 11) is -1.81. The van der Waals surface area contributed by atoms with Crippen molar-refractivity contribution >= 4 is 19.4 Å². The first-order chi connectivity index (χ1) is 11.0. The second-order valence-corrected chi connectivity index (χ2v) is 13.3. The van der Waals surface area contributed by atoms with Crippen LogP contribution >= 0.6 is 0 Å². The lowest BCUT2D eigenvalue weighted by atomic mass is 10.2. The molecule has 0 saturated heterocycles. The third-order valence-corrected chi connectivity index (χ3v) is 9.66. The van der Waals surface area contributed by atoms with Crippen molar-refractivity contribution in [2.45, 2.75) is 71.6 Å². The summed E-state index contributed by atoms with van der Waals surface area (Å²) in [4.78, 5) is 4.62. The van der Waals surface area contributed by atoms with E-state index in [9.17, 15) is 4.39 Å². The highest BCUT2D eigenvalue weighted by atomic mass is 28.4. The van der Waals surface area contributed by atoms with E-state index in [2.05, 4.69) is 64.2 Å². The third-order valence-electron chi connectivity index (χ3n) is 5.16. The van der Waals surface area contributed by atoms with E-state index in [-0.39, 0.29) is 22.8 Å². The number of imidazole rings is 1. The summed E-state index contributed by atoms with van der Waals surface area (Å²) in [6.45, 7) is 18.2. The van der Waals surface area contributed by atoms with Gasteiger partial charge in [-0.2, -0.15) is 0 Å². The number of para-hydroxylation sites is 1. The van der Waals surface area contributed by atoms with Crippen molar-refractivity contribution in [3.8, 4) is 0 Å². The average Bonchev–Trinajstić information content (AvgIpc) is 2.84. The van der Waals surface area contributed by atoms with E-state index in [1.807, 2.05) is 6.07 Å². The van der Waals surface area contributed by atoms with Crippen molar-refractivity contribution in [2.75, 3.05) is 6.61 Å². The van der Waals surface area contributed by atoms with Crippen molar-refractivity contribution < 1.29 is 8.82 Å². The molecule has 2 rings (SSSR count). The van der Waals surface area contributed by atoms with Gasteiger partial charge in [0.2, 0.25) is 0 Å². The highest BCUT2D eigenvalue weighted by molar-refractivity contribution is 6.74. The Labute approximate surface area is 146 Å². The van der Waals surface area contributed by atoms with Crippen LogP contribution in [0, 0.1) is 5.82 Å². The fourth-order valence-electron chi connectivity index (χ4n) is 2.62. The average molecular weight is 351 g/mol. The molecule has 24 heavy (non-hydrogen) atoms. The highest BCUT2D eigenvalue weighted by Crippen LogP contribution is 2.37. The van der Waals surface area contributed by atoms with Crippen molar-refractivity contribution in [1.29, 1.82) is 0 Å². The Morgan fingerprint density at radius 1 is 1.21 bits per heavy atom. The van der Waals surface area contributed by atoms with Crippen molar-refractivity contribution in [3.63, 3.8) is 0 Å². The van der Waals surface area contributed by atoms with Gasteiger partial charge in [-0.3, -0.25) is 0 Å². The van der Waals surface area contributed by atoms with Gasteiger partial charge in [0.25, 0.3) is 0 Å². The SMILES string of the molecule is CC(CO[Si](C)(C)C(C)(C)C)c1nc2c(F)cccc2n1C(C)C. The zero-order valence-corrected chi connectivity index (χ0v) is 17.3. The number of rotatable bonds is 5. The van der Waals surface area contributed by atoms with Crippen LogP contribution in [0.1, 0.15) is 59.3 Å². The standard InChI is InChI=1S/C19H31FN2OSi/c1-13(2)22-16-11-9-10-15(20)17(16)21-18(22)14(3)12-23-24(7,8)19(4,5)6/h9-11,13-14H,12H2,1-8H3. The predicted octanol–water partition coefficient (Wildman–Crippen LogP) is 5.88. The number of nitrogens with zero attached hydrogens (tertiary/aromatic N) is 2. The van der Waals surface area contributed by atoms with E-state index in [0.717, 1.165) is 11.3 Å². The Morgan fingerprint density at radius 2 is 1.83 bits per heavy atom. The molecule has 0 bridgehead atoms. The molecule has 0 fully saturated rings. The molecule has 5 heteroatoms. The number of halogens is 1. The number of benzene rings is 1. The normalized spacial score (nSPS) is 14.6. The minimum Gasteiger partial charge on any atom is -0.416 e. The zero-order chi connectivity index (χ0) is 18.3. The van der Waals surface area contributed by atoms with Gasteiger partial charge in [0.05, 0.1) is 5.52 Å². The van der Waals surface area contributed by atoms with E-state index in [0.29, 0.717) is 12.1 Å². The van der Waals surface area contributed by atoms with Crippen LogP contribution in [0.25, 0.3) is 11.0 Å². The predicted molar refractivity (Wildman–Crippen MR) is 102 cm³/mol. The number of fused-ring (bicyclic) bond motifs is 1. The van der Waals surface area contributed by atoms with E-state index >= 15 is 0 Å². The fraction of sp³-hybridized carbons (Fsp3) is 0.632. The quantitative estimate of drug-likeness (QED) is 0.629. The molecule has 3 nitrogen and oxygen atoms in total. The number of hydrogen-bond acceptors (Lipinski definition) is 2. The van der Waals surface area contributed by atoms with Gasteiger partial charge in [0.1, 0.15) is 11.3 Å². The molecule has 1 heterocycles. The van der Waals surface area contributed by atoms with E-state index in [4.69, 9.17) is 4.43 Å². The lowest BCUT2D eigenvalue weighted by Crippen LogP contribution is -2.41. The van der Waals surface area contributed by atoms with Crippen LogP contribution in [-0.2, 0) is 4.43 Å². The van der Waals surface area contributed by atoms with Crippen LogP contribution in [0.4, 0.5) is 4.39 Å². The molecule has 0 aliphatic heterocycles. The Hall–Kier alpha value is -1.20. The highest BCUT2D eigenvalue weighted by Gasteiger charge is 2.37. The molecule has 1 aromatic heterocycles. The molecule has 1 unspecified atom stereocenters. The molecular formula is C19H31FN2OSi. The molecule has 0 radical (unpaired) electrons. The van der Waals surface area contributed by atoms with Gasteiger partial charge in [-0.1, -0.05) is 33.8 Å². The van der Waals surface area contributed by atoms with E-state index < -0.39 is 8.32 Å². The summed E-state index contributed by atoms with van der Waals surface area (Å²) in [5.41, 5.74) is 1.32. The summed E-state index contributed by atoms with van der Waals surface area (Å²) in [5, 5.41) is 0.178. The minimum atomic E-state index is -1.81. The minimum absolute atomic E-state index is 0.119. The first kappa shape index (κ1) is 19.1. The zero-order valence-electron chi connectivity index (χ0n) is 16.3. The fourth-order valence-corrected chi connectivity index (χ4v) is 3.72. The van der Waals surface area contributed by atoms with Crippen LogP contribution in [-0.4, -0.2) is 24.5 Å². The van der Waals surface area contributed by atoms with E-state index in [1.54, 1.807) is 6.07 Å². The monoisotopic (exact) mass is 350 g/mol. The van der Waals surface area contributed by atoms with Crippen LogP contribution in [0.2, 0.25) is 18.1 Å². The van der Waals surface area contributed by atoms with Gasteiger partial charge in [-0.25, -0.2) is 9.37 Å². The second kappa shape index (κ2) is 6.60. The third kappa shape index (κ3) is 3.57. The molecule has 134 valence electrons. The molecular weight excluding hydrogens is 319 g/mol. The summed E-state index contributed by atoms with van der Waals surface area (Å²) in [5.74, 6) is 0.766. The molecule has 0 saturated carbocycles. The Kier molecular flexibility index (Phi) is 5.26. The Morgan fingerprint density at radius 3 is 2.38 bits per heavy atom. The maximum Gasteiger partial charge on any atom is 0.192 e. The molecule has 2 aromatic rings. The molecule has 0 aliphatic rings. The smallest absolute Gasteiger partial charge is 0.192 e. The van der Waals surface area contributed by atoms with Gasteiger partial charge in [-0.15, -0.1) is 0 Å². The van der Waals surface area contributed by atoms with Crippen LogP contribution in [0.5, 0.6) is 0 Å². The van der Waals surface area contributed by atoms with Gasteiger partial charge in [0, 0.05) is 18.6 Å². The van der Waals surface area contributed by atoms with Crippen LogP contribution in [0.15, 0.2) is 18.2 Å². The van der Waals surface area contributed by atoms with Crippen LogP contribution in [0.3, 0.4) is 0 Å². The van der Waals surface area contributed by atoms with Crippen molar-refractivity contribution in [1.82, 2.24) is 9.55 Å². The number of aromatic nitrogens is 2. The maximum absolute atomic E-state index is 14.1. The van der Waals surface area contributed by atoms with Crippen molar-refractivity contribution in [2.24, 2.45) is 0 Å². The van der Waals surface area contributed by atoms with Crippen molar-refractivity contribution in [3.05, 3.63) is 29.8 Å². The molecule has 0 N–H and O–H groups in total. The van der Waals surface area contributed by atoms with E-state index in [1.165, 1.54) is 6.07 Å². The Balaban J connectivity index is 2.34. The lowest BCUT2D eigenvalue weighted by molar-refractivity contribution is 0.262. The Bertz CT molecular complexity index is 716. The molecule has 1 atom stereocenters. The summed E-state index contributed by atoms with van der Waals surface area (Å²) in [6, 6.07) is 5.39. The van der Waals surface area contributed by atoms with Gasteiger partial charge in [-0.05, 0) is 44.1 Å². The maximum atomic E-state index is 14.1. The first-order valence-corrected chi connectivity index (χ1v) is 11.7. The topological polar surface area (TPSA) is 27.1 Å². The molecule has 0 aliphatic carbocycles. The van der Waals surface area contributed by atoms with Gasteiger partial charge in [0.15, 0.2) is 14.1 Å². The summed E-state index contributed by atoms with van der Waals surface area (Å²) in [6.07, 6.45) is 0. The molecule has 0 spiro atoms. The first-order valence-electron chi connectivity index (χ1n) is 8.76. The molecule has 0 amide bonds. The largest absolute Gasteiger partial charge is 0.416 e. The van der Waals surface area contributed by atoms with Crippen LogP contribution < -0.4 is 0 Å². The number of hydrogen-bond donors (Lipinski definition) is 0. The summed E-state index contributed by atoms with van der Waals surface area (Å²) >= 11 is 0. The summed E-state index contributed by atoms with van der Waals surface area (Å²) < 4.78 is 22.6. The molecule has 1 aromatic carbocycles. The second-order valence-electron chi connectivity index (χ2n) is 8.51. The van der Waals surface area contributed by atoms with Gasteiger partial charge < -0.3 is 8.99 Å². The lowest BCUT2D eigenvalue weighted by Gasteiger charge is -2.37. The van der Waals surface area contributed by atoms with Gasteiger partial charge >= 0.3 is 0 Å².